The summed E-state index contributed by atoms with van der Waals surface area (Å²) in [5, 5.41) is 0. The minimum absolute atomic E-state index is 0.0876. The van der Waals surface area contributed by atoms with E-state index >= 15 is 0 Å². The third-order valence-corrected chi connectivity index (χ3v) is 2.74. The highest BCUT2D eigenvalue weighted by Crippen LogP contribution is 2.18. The van der Waals surface area contributed by atoms with Gasteiger partial charge in [-0.15, -0.1) is 0 Å². The van der Waals surface area contributed by atoms with Crippen molar-refractivity contribution in [3.05, 3.63) is 18.2 Å². The summed E-state index contributed by atoms with van der Waals surface area (Å²) in [4.78, 5) is 4.19. The number of ether oxygens (including phenoxy) is 1. The minimum atomic E-state index is 0.0876. The second kappa shape index (κ2) is 7.45. The van der Waals surface area contributed by atoms with Crippen LogP contribution in [0.15, 0.2) is 12.5 Å². The molecule has 1 aromatic heterocycles. The van der Waals surface area contributed by atoms with Gasteiger partial charge in [0.05, 0.1) is 12.0 Å². The molecule has 1 rings (SSSR count). The number of aryl methyl sites for hydroxylation is 1. The van der Waals surface area contributed by atoms with Crippen LogP contribution in [0.25, 0.3) is 0 Å². The Morgan fingerprint density at radius 1 is 1.47 bits per heavy atom. The number of nitrogens with zero attached hydrogens (tertiary/aromatic N) is 2. The number of aromatic nitrogens is 2. The zero-order valence-electron chi connectivity index (χ0n) is 11.2. The molecule has 0 bridgehead atoms. The maximum atomic E-state index is 6.18. The first-order valence-corrected chi connectivity index (χ1v) is 6.48. The molecule has 4 heteroatoms. The molecule has 98 valence electrons. The Kier molecular flexibility index (Phi) is 6.22. The van der Waals surface area contributed by atoms with Crippen LogP contribution in [-0.2, 0) is 11.3 Å². The molecule has 0 saturated carbocycles. The van der Waals surface area contributed by atoms with E-state index in [1.54, 1.807) is 0 Å². The fourth-order valence-electron chi connectivity index (χ4n) is 1.94. The average Bonchev–Trinajstić information content (AvgIpc) is 2.71. The molecule has 0 fully saturated rings. The molecule has 0 amide bonds. The molecule has 1 heterocycles. The van der Waals surface area contributed by atoms with Crippen molar-refractivity contribution in [1.29, 1.82) is 0 Å². The number of hydrogen-bond donors (Lipinski definition) is 1. The third kappa shape index (κ3) is 4.88. The highest BCUT2D eigenvalue weighted by molar-refractivity contribution is 5.04. The highest BCUT2D eigenvalue weighted by atomic mass is 16.5. The van der Waals surface area contributed by atoms with E-state index in [1.807, 2.05) is 19.4 Å². The van der Waals surface area contributed by atoms with Crippen molar-refractivity contribution in [2.75, 3.05) is 13.2 Å². The van der Waals surface area contributed by atoms with Crippen molar-refractivity contribution < 1.29 is 4.74 Å². The molecule has 0 saturated heterocycles. The Bertz CT molecular complexity index is 309. The summed E-state index contributed by atoms with van der Waals surface area (Å²) in [6.45, 7) is 8.91. The van der Waals surface area contributed by atoms with Gasteiger partial charge < -0.3 is 15.0 Å². The molecular formula is C13H25N3O. The molecule has 0 aromatic carbocycles. The van der Waals surface area contributed by atoms with E-state index < -0.39 is 0 Å². The number of rotatable bonds is 8. The second-order valence-electron chi connectivity index (χ2n) is 4.80. The first-order valence-electron chi connectivity index (χ1n) is 6.48. The maximum Gasteiger partial charge on any atom is 0.0948 e. The standard InChI is InChI=1S/C13H25N3O/c1-4-17-7-5-6-16-10-15-9-13(16)12(14)8-11(2)3/h9-12H,4-8,14H2,1-3H3. The number of hydrogen-bond acceptors (Lipinski definition) is 3. The van der Waals surface area contributed by atoms with Gasteiger partial charge in [-0.3, -0.25) is 0 Å². The van der Waals surface area contributed by atoms with Crippen LogP contribution in [0.1, 0.15) is 45.3 Å². The van der Waals surface area contributed by atoms with Gasteiger partial charge in [-0.05, 0) is 25.7 Å². The van der Waals surface area contributed by atoms with Gasteiger partial charge in [0.15, 0.2) is 0 Å². The van der Waals surface area contributed by atoms with Gasteiger partial charge in [0.25, 0.3) is 0 Å². The van der Waals surface area contributed by atoms with E-state index in [9.17, 15) is 0 Å². The number of nitrogens with two attached hydrogens (primary N) is 1. The Labute approximate surface area is 104 Å². The lowest BCUT2D eigenvalue weighted by molar-refractivity contribution is 0.141. The summed E-state index contributed by atoms with van der Waals surface area (Å²) in [6, 6.07) is 0.0876. The molecule has 4 nitrogen and oxygen atoms in total. The van der Waals surface area contributed by atoms with Gasteiger partial charge in [-0.2, -0.15) is 0 Å². The molecule has 1 aromatic rings. The van der Waals surface area contributed by atoms with Crippen LogP contribution in [0.5, 0.6) is 0 Å². The molecule has 0 spiro atoms. The maximum absolute atomic E-state index is 6.18. The van der Waals surface area contributed by atoms with Gasteiger partial charge >= 0.3 is 0 Å². The predicted molar refractivity (Wildman–Crippen MR) is 69.7 cm³/mol. The Balaban J connectivity index is 2.47. The second-order valence-corrected chi connectivity index (χ2v) is 4.80. The molecule has 17 heavy (non-hydrogen) atoms. The van der Waals surface area contributed by atoms with Gasteiger partial charge in [0, 0.05) is 32.0 Å². The summed E-state index contributed by atoms with van der Waals surface area (Å²) >= 11 is 0. The molecule has 1 unspecified atom stereocenters. The first-order chi connectivity index (χ1) is 8.15. The highest BCUT2D eigenvalue weighted by Gasteiger charge is 2.12. The van der Waals surface area contributed by atoms with Crippen molar-refractivity contribution in [1.82, 2.24) is 9.55 Å². The monoisotopic (exact) mass is 239 g/mol. The SMILES string of the molecule is CCOCCCn1cncc1C(N)CC(C)C. The fraction of sp³-hybridized carbons (Fsp3) is 0.769. The summed E-state index contributed by atoms with van der Waals surface area (Å²) in [7, 11) is 0. The molecular weight excluding hydrogens is 214 g/mol. The van der Waals surface area contributed by atoms with Crippen LogP contribution in [-0.4, -0.2) is 22.8 Å². The lowest BCUT2D eigenvalue weighted by Crippen LogP contribution is -2.17. The Hall–Kier alpha value is -0.870. The number of imidazole rings is 1. The predicted octanol–water partition coefficient (Wildman–Crippen LogP) is 2.36. The third-order valence-electron chi connectivity index (χ3n) is 2.74. The molecule has 0 aliphatic carbocycles. The van der Waals surface area contributed by atoms with Crippen LogP contribution in [0, 0.1) is 5.92 Å². The topological polar surface area (TPSA) is 53.1 Å². The molecule has 0 aliphatic heterocycles. The van der Waals surface area contributed by atoms with Gasteiger partial charge in [-0.25, -0.2) is 4.98 Å². The van der Waals surface area contributed by atoms with E-state index in [-0.39, 0.29) is 6.04 Å². The lowest BCUT2D eigenvalue weighted by atomic mass is 10.0. The summed E-state index contributed by atoms with van der Waals surface area (Å²) in [5.74, 6) is 0.608. The van der Waals surface area contributed by atoms with Crippen molar-refractivity contribution in [2.45, 2.75) is 46.2 Å². The van der Waals surface area contributed by atoms with Crippen LogP contribution in [0.3, 0.4) is 0 Å². The fourth-order valence-corrected chi connectivity index (χ4v) is 1.94. The summed E-state index contributed by atoms with van der Waals surface area (Å²) in [5.41, 5.74) is 7.31. The van der Waals surface area contributed by atoms with Crippen molar-refractivity contribution >= 4 is 0 Å². The van der Waals surface area contributed by atoms with Crippen LogP contribution in [0.2, 0.25) is 0 Å². The van der Waals surface area contributed by atoms with Crippen molar-refractivity contribution in [3.63, 3.8) is 0 Å². The summed E-state index contributed by atoms with van der Waals surface area (Å²) < 4.78 is 7.48. The normalized spacial score (nSPS) is 13.2. The average molecular weight is 239 g/mol. The van der Waals surface area contributed by atoms with E-state index in [1.165, 1.54) is 0 Å². The van der Waals surface area contributed by atoms with Crippen LogP contribution < -0.4 is 5.73 Å². The quantitative estimate of drug-likeness (QED) is 0.708. The van der Waals surface area contributed by atoms with Gasteiger partial charge in [0.2, 0.25) is 0 Å². The van der Waals surface area contributed by atoms with E-state index in [2.05, 4.69) is 23.4 Å². The van der Waals surface area contributed by atoms with Gasteiger partial charge in [-0.1, -0.05) is 13.8 Å². The van der Waals surface area contributed by atoms with Crippen molar-refractivity contribution in [2.24, 2.45) is 11.7 Å². The Morgan fingerprint density at radius 3 is 2.88 bits per heavy atom. The lowest BCUT2D eigenvalue weighted by Gasteiger charge is -2.16. The van der Waals surface area contributed by atoms with Crippen LogP contribution >= 0.6 is 0 Å². The smallest absolute Gasteiger partial charge is 0.0948 e. The van der Waals surface area contributed by atoms with Gasteiger partial charge in [0.1, 0.15) is 0 Å². The molecule has 0 aliphatic rings. The molecule has 1 atom stereocenters. The minimum Gasteiger partial charge on any atom is -0.382 e. The van der Waals surface area contributed by atoms with Crippen LogP contribution in [0.4, 0.5) is 0 Å². The van der Waals surface area contributed by atoms with E-state index in [0.717, 1.165) is 38.3 Å². The largest absolute Gasteiger partial charge is 0.382 e. The van der Waals surface area contributed by atoms with E-state index in [0.29, 0.717) is 5.92 Å². The molecule has 0 radical (unpaired) electrons. The molecule has 2 N–H and O–H groups in total. The Morgan fingerprint density at radius 2 is 2.24 bits per heavy atom. The van der Waals surface area contributed by atoms with E-state index in [4.69, 9.17) is 10.5 Å². The zero-order chi connectivity index (χ0) is 12.7. The summed E-state index contributed by atoms with van der Waals surface area (Å²) in [6.07, 6.45) is 5.75. The first kappa shape index (κ1) is 14.2. The zero-order valence-corrected chi connectivity index (χ0v) is 11.2. The van der Waals surface area contributed by atoms with Crippen molar-refractivity contribution in [3.8, 4) is 0 Å².